The van der Waals surface area contributed by atoms with Gasteiger partial charge in [0.05, 0.1) is 11.9 Å². The Kier molecular flexibility index (Phi) is 11.8. The summed E-state index contributed by atoms with van der Waals surface area (Å²) >= 11 is 1.01. The van der Waals surface area contributed by atoms with Gasteiger partial charge < -0.3 is 20.5 Å². The Morgan fingerprint density at radius 1 is 1.08 bits per heavy atom. The molecule has 1 fully saturated rings. The van der Waals surface area contributed by atoms with Crippen LogP contribution in [0, 0.1) is 5.92 Å². The van der Waals surface area contributed by atoms with Crippen LogP contribution >= 0.6 is 11.8 Å². The van der Waals surface area contributed by atoms with Crippen molar-refractivity contribution in [1.82, 2.24) is 10.6 Å². The van der Waals surface area contributed by atoms with Crippen molar-refractivity contribution in [3.8, 4) is 5.75 Å². The smallest absolute Gasteiger partial charge is 0.328 e. The molecule has 0 saturated heterocycles. The predicted octanol–water partition coefficient (Wildman–Crippen LogP) is 3.89. The minimum absolute atomic E-state index is 0.0717. The highest BCUT2D eigenvalue weighted by atomic mass is 32.2. The number of thioether (sulfide) groups is 1. The maximum Gasteiger partial charge on any atom is 0.328 e. The largest absolute Gasteiger partial charge is 0.508 e. The summed E-state index contributed by atoms with van der Waals surface area (Å²) in [5, 5.41) is 14.7. The molecule has 0 aliphatic heterocycles. The number of rotatable bonds is 13. The summed E-state index contributed by atoms with van der Waals surface area (Å²) in [6, 6.07) is 5.49. The minimum Gasteiger partial charge on any atom is -0.508 e. The van der Waals surface area contributed by atoms with Crippen molar-refractivity contribution in [3.63, 3.8) is 0 Å². The normalized spacial score (nSPS) is 16.2. The topological polar surface area (TPSA) is 122 Å². The zero-order chi connectivity index (χ0) is 26.7. The molecule has 3 N–H and O–H groups in total. The van der Waals surface area contributed by atoms with Gasteiger partial charge in [0.1, 0.15) is 17.3 Å². The number of phenols is 1. The van der Waals surface area contributed by atoms with Gasteiger partial charge in [-0.05, 0) is 42.9 Å². The van der Waals surface area contributed by atoms with Crippen LogP contribution in [0.3, 0.4) is 0 Å². The van der Waals surface area contributed by atoms with E-state index in [1.807, 2.05) is 20.8 Å². The SMILES string of the molecule is CCCCOC(=O)[C@H](Cc1ccc(O)cc1)NC(=O)C1(NC(=O)[C@H](SC(=O)CC)C(C)C)CCCC1. The standard InChI is InChI=1S/C27H40N2O6S/c1-5-7-16-35-25(33)21(17-19-10-12-20(30)13-11-19)28-26(34)27(14-8-9-15-27)29-24(32)23(18(3)4)36-22(31)6-2/h10-13,18,21,23,30H,5-9,14-17H2,1-4H3,(H,28,34)(H,29,32)/t21-,23+/m0/s1. The Hall–Kier alpha value is -2.55. The Balaban J connectivity index is 2.22. The van der Waals surface area contributed by atoms with Gasteiger partial charge in [-0.1, -0.05) is 70.9 Å². The van der Waals surface area contributed by atoms with E-state index in [1.165, 1.54) is 12.1 Å². The molecule has 9 heteroatoms. The lowest BCUT2D eigenvalue weighted by molar-refractivity contribution is -0.149. The van der Waals surface area contributed by atoms with Crippen molar-refractivity contribution in [1.29, 1.82) is 0 Å². The molecule has 0 aromatic heterocycles. The van der Waals surface area contributed by atoms with E-state index in [4.69, 9.17) is 4.74 Å². The quantitative estimate of drug-likeness (QED) is 0.266. The van der Waals surface area contributed by atoms with Crippen molar-refractivity contribution >= 4 is 34.7 Å². The number of carbonyl (C=O) groups excluding carboxylic acids is 4. The van der Waals surface area contributed by atoms with Crippen LogP contribution < -0.4 is 10.6 Å². The van der Waals surface area contributed by atoms with Crippen molar-refractivity contribution < 1.29 is 29.0 Å². The number of esters is 1. The molecule has 2 atom stereocenters. The number of nitrogens with one attached hydrogen (secondary N) is 2. The van der Waals surface area contributed by atoms with Crippen LogP contribution in [-0.2, 0) is 30.3 Å². The fourth-order valence-electron chi connectivity index (χ4n) is 4.19. The molecule has 2 amide bonds. The van der Waals surface area contributed by atoms with E-state index < -0.39 is 28.7 Å². The Morgan fingerprint density at radius 3 is 2.28 bits per heavy atom. The lowest BCUT2D eigenvalue weighted by atomic mass is 9.94. The third-order valence-electron chi connectivity index (χ3n) is 6.37. The number of aromatic hydroxyl groups is 1. The van der Waals surface area contributed by atoms with Gasteiger partial charge in [0.2, 0.25) is 11.8 Å². The minimum atomic E-state index is -1.14. The zero-order valence-electron chi connectivity index (χ0n) is 21.8. The number of carbonyl (C=O) groups is 4. The summed E-state index contributed by atoms with van der Waals surface area (Å²) in [5.41, 5.74) is -0.388. The van der Waals surface area contributed by atoms with E-state index >= 15 is 0 Å². The highest BCUT2D eigenvalue weighted by molar-refractivity contribution is 8.14. The van der Waals surface area contributed by atoms with Crippen molar-refractivity contribution in [2.75, 3.05) is 6.61 Å². The lowest BCUT2D eigenvalue weighted by Crippen LogP contribution is -2.61. The molecule has 36 heavy (non-hydrogen) atoms. The van der Waals surface area contributed by atoms with Gasteiger partial charge in [-0.2, -0.15) is 0 Å². The monoisotopic (exact) mass is 520 g/mol. The highest BCUT2D eigenvalue weighted by Crippen LogP contribution is 2.32. The molecule has 0 bridgehead atoms. The molecule has 1 aromatic rings. The maximum atomic E-state index is 13.6. The highest BCUT2D eigenvalue weighted by Gasteiger charge is 2.45. The first kappa shape index (κ1) is 29.7. The number of amides is 2. The van der Waals surface area contributed by atoms with Crippen LogP contribution in [0.4, 0.5) is 0 Å². The van der Waals surface area contributed by atoms with Crippen LogP contribution in [0.25, 0.3) is 0 Å². The van der Waals surface area contributed by atoms with Gasteiger partial charge in [-0.25, -0.2) is 4.79 Å². The third kappa shape index (κ3) is 8.54. The molecular formula is C27H40N2O6S. The molecule has 0 radical (unpaired) electrons. The first-order valence-electron chi connectivity index (χ1n) is 12.9. The second kappa shape index (κ2) is 14.3. The third-order valence-corrected chi connectivity index (χ3v) is 7.94. The van der Waals surface area contributed by atoms with Gasteiger partial charge >= 0.3 is 5.97 Å². The van der Waals surface area contributed by atoms with Crippen LogP contribution in [0.15, 0.2) is 24.3 Å². The van der Waals surface area contributed by atoms with E-state index in [1.54, 1.807) is 19.1 Å². The van der Waals surface area contributed by atoms with Crippen molar-refractivity contribution in [3.05, 3.63) is 29.8 Å². The molecule has 1 aliphatic carbocycles. The summed E-state index contributed by atoms with van der Waals surface area (Å²) in [5.74, 6) is -1.28. The van der Waals surface area contributed by atoms with Gasteiger partial charge in [0, 0.05) is 12.8 Å². The lowest BCUT2D eigenvalue weighted by Gasteiger charge is -2.33. The predicted molar refractivity (Wildman–Crippen MR) is 140 cm³/mol. The van der Waals surface area contributed by atoms with E-state index in [2.05, 4.69) is 10.6 Å². The molecule has 1 aliphatic rings. The van der Waals surface area contributed by atoms with Crippen LogP contribution in [0.2, 0.25) is 0 Å². The molecular weight excluding hydrogens is 480 g/mol. The number of phenolic OH excluding ortho intramolecular Hbond substituents is 1. The average molecular weight is 521 g/mol. The molecule has 2 rings (SSSR count). The second-order valence-electron chi connectivity index (χ2n) is 9.70. The Labute approximate surface area is 218 Å². The molecule has 1 aromatic carbocycles. The zero-order valence-corrected chi connectivity index (χ0v) is 22.6. The molecule has 0 spiro atoms. The Morgan fingerprint density at radius 2 is 1.72 bits per heavy atom. The maximum absolute atomic E-state index is 13.6. The second-order valence-corrected chi connectivity index (χ2v) is 10.9. The summed E-state index contributed by atoms with van der Waals surface area (Å²) in [6.45, 7) is 7.76. The summed E-state index contributed by atoms with van der Waals surface area (Å²) in [6.07, 6.45) is 4.55. The number of unbranched alkanes of at least 4 members (excludes halogenated alkanes) is 1. The van der Waals surface area contributed by atoms with Crippen LogP contribution in [0.5, 0.6) is 5.75 Å². The number of benzene rings is 1. The molecule has 1 saturated carbocycles. The van der Waals surface area contributed by atoms with Crippen LogP contribution in [-0.4, -0.2) is 51.4 Å². The van der Waals surface area contributed by atoms with E-state index in [-0.39, 0.29) is 35.7 Å². The summed E-state index contributed by atoms with van der Waals surface area (Å²) < 4.78 is 5.41. The first-order chi connectivity index (χ1) is 17.1. The van der Waals surface area contributed by atoms with Crippen molar-refractivity contribution in [2.45, 2.75) is 95.9 Å². The fourth-order valence-corrected chi connectivity index (χ4v) is 5.07. The van der Waals surface area contributed by atoms with E-state index in [0.717, 1.165) is 43.0 Å². The molecule has 0 heterocycles. The van der Waals surface area contributed by atoms with Gasteiger partial charge in [-0.3, -0.25) is 14.4 Å². The van der Waals surface area contributed by atoms with Gasteiger partial charge in [0.25, 0.3) is 0 Å². The summed E-state index contributed by atoms with van der Waals surface area (Å²) in [7, 11) is 0. The molecule has 0 unspecified atom stereocenters. The first-order valence-corrected chi connectivity index (χ1v) is 13.8. The fraction of sp³-hybridized carbons (Fsp3) is 0.630. The van der Waals surface area contributed by atoms with E-state index in [0.29, 0.717) is 19.3 Å². The van der Waals surface area contributed by atoms with Crippen LogP contribution in [0.1, 0.15) is 78.2 Å². The van der Waals surface area contributed by atoms with Gasteiger partial charge in [0.15, 0.2) is 5.12 Å². The number of hydrogen-bond donors (Lipinski definition) is 3. The number of hydrogen-bond acceptors (Lipinski definition) is 7. The Bertz CT molecular complexity index is 896. The van der Waals surface area contributed by atoms with Gasteiger partial charge in [-0.15, -0.1) is 0 Å². The number of ether oxygens (including phenoxy) is 1. The molecule has 8 nitrogen and oxygen atoms in total. The summed E-state index contributed by atoms with van der Waals surface area (Å²) in [4.78, 5) is 51.8. The average Bonchev–Trinajstić information content (AvgIpc) is 3.32. The molecule has 200 valence electrons. The van der Waals surface area contributed by atoms with E-state index in [9.17, 15) is 24.3 Å². The van der Waals surface area contributed by atoms with Crippen molar-refractivity contribution in [2.24, 2.45) is 5.92 Å².